The lowest BCUT2D eigenvalue weighted by molar-refractivity contribution is 0.102. The first-order valence-corrected chi connectivity index (χ1v) is 5.10. The number of carbonyl (C=O) groups is 1. The lowest BCUT2D eigenvalue weighted by atomic mass is 10.2. The topological polar surface area (TPSA) is 57.2 Å². The maximum atomic E-state index is 11.3. The van der Waals surface area contributed by atoms with Crippen LogP contribution in [0.3, 0.4) is 0 Å². The fourth-order valence-electron chi connectivity index (χ4n) is 1.37. The van der Waals surface area contributed by atoms with Gasteiger partial charge in [0.1, 0.15) is 0 Å². The zero-order valence-electron chi connectivity index (χ0n) is 9.18. The van der Waals surface area contributed by atoms with Crippen molar-refractivity contribution in [1.29, 1.82) is 0 Å². The second-order valence-electron chi connectivity index (χ2n) is 3.41. The number of nitrogens with zero attached hydrogens (tertiary/aromatic N) is 3. The Kier molecular flexibility index (Phi) is 2.64. The van der Waals surface area contributed by atoms with E-state index in [2.05, 4.69) is 27.9 Å². The molecule has 2 aliphatic heterocycles. The lowest BCUT2D eigenvalue weighted by Gasteiger charge is -2.26. The van der Waals surface area contributed by atoms with E-state index < -0.39 is 6.09 Å². The van der Waals surface area contributed by atoms with Crippen LogP contribution >= 0.6 is 12.6 Å². The van der Waals surface area contributed by atoms with Gasteiger partial charge in [0.05, 0.1) is 18.3 Å². The number of aliphatic imine (C=N–C) groups is 1. The molecule has 0 aromatic heterocycles. The van der Waals surface area contributed by atoms with Gasteiger partial charge in [-0.2, -0.15) is 5.01 Å². The van der Waals surface area contributed by atoms with Crippen molar-refractivity contribution in [2.24, 2.45) is 4.99 Å². The van der Waals surface area contributed by atoms with Gasteiger partial charge in [-0.25, -0.2) is 14.8 Å². The Labute approximate surface area is 98.6 Å². The van der Waals surface area contributed by atoms with Gasteiger partial charge in [0.2, 0.25) is 0 Å². The van der Waals surface area contributed by atoms with Gasteiger partial charge >= 0.3 is 6.09 Å². The quantitative estimate of drug-likeness (QED) is 0.625. The van der Waals surface area contributed by atoms with E-state index in [0.717, 1.165) is 11.3 Å². The van der Waals surface area contributed by atoms with Gasteiger partial charge < -0.3 is 4.74 Å². The van der Waals surface area contributed by atoms with E-state index in [9.17, 15) is 4.79 Å². The molecule has 0 atom stereocenters. The molecule has 0 aromatic carbocycles. The highest BCUT2D eigenvalue weighted by Crippen LogP contribution is 2.28. The van der Waals surface area contributed by atoms with Crippen LogP contribution in [0.1, 0.15) is 13.8 Å². The lowest BCUT2D eigenvalue weighted by Crippen LogP contribution is -2.43. The number of rotatable bonds is 0. The third kappa shape index (κ3) is 1.57. The molecule has 0 radical (unpaired) electrons. The second kappa shape index (κ2) is 3.84. The zero-order valence-corrected chi connectivity index (χ0v) is 10.1. The molecule has 6 nitrogen and oxygen atoms in total. The summed E-state index contributed by atoms with van der Waals surface area (Å²) in [6, 6.07) is 0. The highest BCUT2D eigenvalue weighted by atomic mass is 32.1. The highest BCUT2D eigenvalue weighted by Gasteiger charge is 2.30. The van der Waals surface area contributed by atoms with Crippen LogP contribution in [0.4, 0.5) is 4.79 Å². The summed E-state index contributed by atoms with van der Waals surface area (Å²) in [5, 5.41) is 3.54. The number of methoxy groups -OCH3 is 1. The largest absolute Gasteiger partial charge is 0.452 e. The van der Waals surface area contributed by atoms with Crippen LogP contribution in [0.2, 0.25) is 0 Å². The maximum absolute atomic E-state index is 11.3. The number of hydrogen-bond acceptors (Lipinski definition) is 6. The molecule has 0 fully saturated rings. The van der Waals surface area contributed by atoms with Gasteiger partial charge in [0.15, 0.2) is 5.82 Å². The van der Waals surface area contributed by atoms with E-state index >= 15 is 0 Å². The van der Waals surface area contributed by atoms with E-state index in [1.807, 2.05) is 13.8 Å². The maximum Gasteiger partial charge on any atom is 0.429 e. The van der Waals surface area contributed by atoms with Crippen molar-refractivity contribution in [2.45, 2.75) is 13.8 Å². The number of thiol groups is 1. The van der Waals surface area contributed by atoms with Crippen molar-refractivity contribution in [2.75, 3.05) is 7.11 Å². The number of hydrogen-bond donors (Lipinski definition) is 2. The third-order valence-electron chi connectivity index (χ3n) is 2.42. The van der Waals surface area contributed by atoms with Gasteiger partial charge in [-0.15, -0.1) is 18.2 Å². The molecule has 0 unspecified atom stereocenters. The number of fused-ring (bicyclic) bond motifs is 1. The average molecular weight is 240 g/mol. The molecule has 1 amide bonds. The standard InChI is InChI=1S/C9H12N4O2S/c1-5-6(2)10-7-4-12(9(14)15-3)11-13(7)8(5)16/h4,11,16H,1-3H3. The minimum absolute atomic E-state index is 0.506. The van der Waals surface area contributed by atoms with Gasteiger partial charge in [0, 0.05) is 11.3 Å². The van der Waals surface area contributed by atoms with Crippen molar-refractivity contribution in [3.63, 3.8) is 0 Å². The molecule has 2 rings (SSSR count). The Bertz CT molecular complexity index is 441. The number of nitrogens with one attached hydrogen (secondary N) is 1. The van der Waals surface area contributed by atoms with Gasteiger partial charge in [-0.1, -0.05) is 0 Å². The Balaban J connectivity index is 2.32. The Morgan fingerprint density at radius 2 is 2.25 bits per heavy atom. The summed E-state index contributed by atoms with van der Waals surface area (Å²) in [6.07, 6.45) is 1.05. The van der Waals surface area contributed by atoms with Crippen molar-refractivity contribution in [3.05, 3.63) is 22.6 Å². The summed E-state index contributed by atoms with van der Waals surface area (Å²) in [5.41, 5.74) is 4.64. The molecule has 2 aliphatic rings. The minimum Gasteiger partial charge on any atom is -0.452 e. The normalized spacial score (nSPS) is 19.5. The van der Waals surface area contributed by atoms with E-state index in [-0.39, 0.29) is 0 Å². The van der Waals surface area contributed by atoms with Crippen molar-refractivity contribution in [3.8, 4) is 0 Å². The Morgan fingerprint density at radius 1 is 1.56 bits per heavy atom. The fourth-order valence-corrected chi connectivity index (χ4v) is 1.68. The third-order valence-corrected chi connectivity index (χ3v) is 2.96. The van der Waals surface area contributed by atoms with Crippen molar-refractivity contribution >= 4 is 24.4 Å². The van der Waals surface area contributed by atoms with Crippen LogP contribution < -0.4 is 5.53 Å². The van der Waals surface area contributed by atoms with Crippen LogP contribution in [0.15, 0.2) is 27.6 Å². The van der Waals surface area contributed by atoms with E-state index in [1.165, 1.54) is 12.1 Å². The number of hydrazine groups is 2. The predicted molar refractivity (Wildman–Crippen MR) is 62.1 cm³/mol. The van der Waals surface area contributed by atoms with Crippen LogP contribution in [0.25, 0.3) is 0 Å². The molecule has 2 heterocycles. The van der Waals surface area contributed by atoms with Crippen LogP contribution in [0.5, 0.6) is 0 Å². The van der Waals surface area contributed by atoms with E-state index in [4.69, 9.17) is 0 Å². The SMILES string of the molecule is COC(=O)N1C=C2N=C(C)C(C)=C(S)N2N1. The van der Waals surface area contributed by atoms with Gasteiger partial charge in [-0.05, 0) is 13.8 Å². The molecular weight excluding hydrogens is 228 g/mol. The zero-order chi connectivity index (χ0) is 11.9. The summed E-state index contributed by atoms with van der Waals surface area (Å²) in [6.45, 7) is 3.81. The molecule has 0 saturated carbocycles. The average Bonchev–Trinajstić information content (AvgIpc) is 2.69. The molecule has 0 bridgehead atoms. The summed E-state index contributed by atoms with van der Waals surface area (Å²) < 4.78 is 4.59. The van der Waals surface area contributed by atoms with Gasteiger partial charge in [-0.3, -0.25) is 0 Å². The first kappa shape index (κ1) is 11.0. The molecule has 0 aliphatic carbocycles. The smallest absolute Gasteiger partial charge is 0.429 e. The molecule has 0 spiro atoms. The van der Waals surface area contributed by atoms with Crippen LogP contribution in [-0.2, 0) is 4.74 Å². The first-order valence-electron chi connectivity index (χ1n) is 4.65. The molecule has 7 heteroatoms. The minimum atomic E-state index is -0.506. The van der Waals surface area contributed by atoms with E-state index in [1.54, 1.807) is 11.2 Å². The molecule has 16 heavy (non-hydrogen) atoms. The Morgan fingerprint density at radius 3 is 2.88 bits per heavy atom. The summed E-state index contributed by atoms with van der Waals surface area (Å²) >= 11 is 4.37. The number of carbonyl (C=O) groups excluding carboxylic acids is 1. The molecule has 1 N–H and O–H groups in total. The highest BCUT2D eigenvalue weighted by molar-refractivity contribution is 7.84. The first-order chi connectivity index (χ1) is 7.54. The molecule has 0 aromatic rings. The molecule has 0 saturated heterocycles. The number of ether oxygens (including phenoxy) is 1. The van der Waals surface area contributed by atoms with Crippen LogP contribution in [0, 0.1) is 0 Å². The number of amides is 1. The van der Waals surface area contributed by atoms with Crippen LogP contribution in [-0.4, -0.2) is 28.9 Å². The molecule has 86 valence electrons. The fraction of sp³-hybridized carbons (Fsp3) is 0.333. The second-order valence-corrected chi connectivity index (χ2v) is 3.83. The van der Waals surface area contributed by atoms with Crippen molar-refractivity contribution in [1.82, 2.24) is 15.6 Å². The van der Waals surface area contributed by atoms with Crippen molar-refractivity contribution < 1.29 is 9.53 Å². The summed E-state index contributed by atoms with van der Waals surface area (Å²) in [7, 11) is 1.32. The predicted octanol–water partition coefficient (Wildman–Crippen LogP) is 1.22. The molecular formula is C9H12N4O2S. The van der Waals surface area contributed by atoms with Gasteiger partial charge in [0.25, 0.3) is 0 Å². The number of allylic oxidation sites excluding steroid dienone is 1. The Hall–Kier alpha value is -1.47. The summed E-state index contributed by atoms with van der Waals surface area (Å²) in [5.74, 6) is 0.610. The summed E-state index contributed by atoms with van der Waals surface area (Å²) in [4.78, 5) is 15.6. The monoisotopic (exact) mass is 240 g/mol. The van der Waals surface area contributed by atoms with E-state index in [0.29, 0.717) is 10.9 Å².